The number of hydrogen-bond donors (Lipinski definition) is 0. The Morgan fingerprint density at radius 1 is 1.13 bits per heavy atom. The summed E-state index contributed by atoms with van der Waals surface area (Å²) in [7, 11) is 0. The van der Waals surface area contributed by atoms with Crippen molar-refractivity contribution in [2.75, 3.05) is 6.61 Å². The third-order valence-electron chi connectivity index (χ3n) is 5.02. The standard InChI is InChI=1S/C22H28O/c1-3-5-9-17(4-2)16-23-22-13-8-12-20-14-18-10-6-7-11-19(18)15-21(20)22/h6-8,10-11,13-15,17,22H,3-5,9,12,16H2,1-2H3. The van der Waals surface area contributed by atoms with Gasteiger partial charge in [-0.1, -0.05) is 75.6 Å². The van der Waals surface area contributed by atoms with Crippen LogP contribution >= 0.6 is 0 Å². The lowest BCUT2D eigenvalue weighted by Gasteiger charge is -2.24. The summed E-state index contributed by atoms with van der Waals surface area (Å²) in [6, 6.07) is 13.3. The molecule has 1 nitrogen and oxygen atoms in total. The van der Waals surface area contributed by atoms with Crippen LogP contribution in [-0.4, -0.2) is 6.61 Å². The van der Waals surface area contributed by atoms with Crippen molar-refractivity contribution >= 4 is 10.8 Å². The lowest BCUT2D eigenvalue weighted by Crippen LogP contribution is -2.14. The molecule has 0 aromatic heterocycles. The molecule has 3 rings (SSSR count). The maximum absolute atomic E-state index is 6.32. The van der Waals surface area contributed by atoms with Gasteiger partial charge in [-0.3, -0.25) is 0 Å². The van der Waals surface area contributed by atoms with Crippen molar-refractivity contribution in [3.63, 3.8) is 0 Å². The van der Waals surface area contributed by atoms with Crippen LogP contribution in [0.4, 0.5) is 0 Å². The molecule has 0 saturated heterocycles. The van der Waals surface area contributed by atoms with E-state index >= 15 is 0 Å². The van der Waals surface area contributed by atoms with E-state index in [2.05, 4.69) is 62.4 Å². The summed E-state index contributed by atoms with van der Waals surface area (Å²) in [4.78, 5) is 0. The molecule has 23 heavy (non-hydrogen) atoms. The molecule has 0 radical (unpaired) electrons. The zero-order valence-corrected chi connectivity index (χ0v) is 14.4. The molecule has 2 unspecified atom stereocenters. The van der Waals surface area contributed by atoms with Crippen molar-refractivity contribution in [2.24, 2.45) is 5.92 Å². The second-order valence-electron chi connectivity index (χ2n) is 6.70. The van der Waals surface area contributed by atoms with Crippen LogP contribution in [0, 0.1) is 5.92 Å². The number of fused-ring (bicyclic) bond motifs is 2. The normalized spacial score (nSPS) is 18.1. The number of ether oxygens (including phenoxy) is 1. The number of unbranched alkanes of at least 4 members (excludes halogenated alkanes) is 1. The van der Waals surface area contributed by atoms with Crippen molar-refractivity contribution in [3.05, 3.63) is 59.7 Å². The quantitative estimate of drug-likeness (QED) is 0.551. The fourth-order valence-corrected chi connectivity index (χ4v) is 3.45. The Labute approximate surface area is 140 Å². The predicted molar refractivity (Wildman–Crippen MR) is 98.8 cm³/mol. The Hall–Kier alpha value is -1.60. The van der Waals surface area contributed by atoms with Crippen molar-refractivity contribution in [2.45, 2.75) is 52.1 Å². The third kappa shape index (κ3) is 3.84. The fourth-order valence-electron chi connectivity index (χ4n) is 3.45. The summed E-state index contributed by atoms with van der Waals surface area (Å²) in [5.74, 6) is 0.689. The summed E-state index contributed by atoms with van der Waals surface area (Å²) >= 11 is 0. The molecule has 122 valence electrons. The van der Waals surface area contributed by atoms with Gasteiger partial charge in [0.25, 0.3) is 0 Å². The Morgan fingerprint density at radius 3 is 2.65 bits per heavy atom. The van der Waals surface area contributed by atoms with Crippen molar-refractivity contribution in [3.8, 4) is 0 Å². The van der Waals surface area contributed by atoms with E-state index < -0.39 is 0 Å². The summed E-state index contributed by atoms with van der Waals surface area (Å²) in [6.07, 6.45) is 10.7. The SMILES string of the molecule is CCCCC(CC)COC1C=CCc2cc3ccccc3cc21. The van der Waals surface area contributed by atoms with Crippen molar-refractivity contribution in [1.82, 2.24) is 0 Å². The van der Waals surface area contributed by atoms with Gasteiger partial charge >= 0.3 is 0 Å². The van der Waals surface area contributed by atoms with Crippen molar-refractivity contribution in [1.29, 1.82) is 0 Å². The molecule has 0 fully saturated rings. The highest BCUT2D eigenvalue weighted by molar-refractivity contribution is 5.84. The number of benzene rings is 2. The molecular weight excluding hydrogens is 280 g/mol. The largest absolute Gasteiger partial charge is 0.369 e. The Bertz CT molecular complexity index is 671. The van der Waals surface area contributed by atoms with Crippen LogP contribution in [0.1, 0.15) is 56.8 Å². The van der Waals surface area contributed by atoms with Crippen LogP contribution in [0.2, 0.25) is 0 Å². The fraction of sp³-hybridized carbons (Fsp3) is 0.455. The van der Waals surface area contributed by atoms with Crippen LogP contribution in [0.5, 0.6) is 0 Å². The minimum atomic E-state index is 0.124. The number of allylic oxidation sites excluding steroid dienone is 1. The van der Waals surface area contributed by atoms with Gasteiger partial charge in [-0.15, -0.1) is 0 Å². The third-order valence-corrected chi connectivity index (χ3v) is 5.02. The predicted octanol–water partition coefficient (Wildman–Crippen LogP) is 6.23. The maximum Gasteiger partial charge on any atom is 0.101 e. The topological polar surface area (TPSA) is 9.23 Å². The first-order valence-corrected chi connectivity index (χ1v) is 9.11. The van der Waals surface area contributed by atoms with Crippen LogP contribution in [-0.2, 0) is 11.2 Å². The molecule has 0 saturated carbocycles. The monoisotopic (exact) mass is 308 g/mol. The molecule has 2 aromatic rings. The lowest BCUT2D eigenvalue weighted by atomic mass is 9.91. The van der Waals surface area contributed by atoms with Gasteiger partial charge < -0.3 is 4.74 Å². The van der Waals surface area contributed by atoms with E-state index in [0.717, 1.165) is 13.0 Å². The van der Waals surface area contributed by atoms with Gasteiger partial charge in [0.15, 0.2) is 0 Å². The van der Waals surface area contributed by atoms with Gasteiger partial charge in [0.1, 0.15) is 6.10 Å². The Morgan fingerprint density at radius 2 is 1.91 bits per heavy atom. The van der Waals surface area contributed by atoms with Crippen molar-refractivity contribution < 1.29 is 4.74 Å². The summed E-state index contributed by atoms with van der Waals surface area (Å²) < 4.78 is 6.32. The van der Waals surface area contributed by atoms with Gasteiger partial charge in [0, 0.05) is 0 Å². The van der Waals surface area contributed by atoms with Gasteiger partial charge in [-0.05, 0) is 46.7 Å². The molecule has 1 aliphatic carbocycles. The van der Waals surface area contributed by atoms with Gasteiger partial charge in [0.2, 0.25) is 0 Å². The smallest absolute Gasteiger partial charge is 0.101 e. The first kappa shape index (κ1) is 16.3. The zero-order chi connectivity index (χ0) is 16.1. The molecule has 1 heteroatoms. The average Bonchev–Trinajstić information content (AvgIpc) is 2.60. The molecule has 0 amide bonds. The molecule has 0 bridgehead atoms. The summed E-state index contributed by atoms with van der Waals surface area (Å²) in [5.41, 5.74) is 2.77. The van der Waals surface area contributed by atoms with Gasteiger partial charge in [-0.2, -0.15) is 0 Å². The highest BCUT2D eigenvalue weighted by Gasteiger charge is 2.19. The van der Waals surface area contributed by atoms with E-state index in [9.17, 15) is 0 Å². The molecule has 0 N–H and O–H groups in total. The van der Waals surface area contributed by atoms with E-state index in [0.29, 0.717) is 5.92 Å². The molecule has 2 aromatic carbocycles. The van der Waals surface area contributed by atoms with E-state index in [4.69, 9.17) is 4.74 Å². The highest BCUT2D eigenvalue weighted by atomic mass is 16.5. The molecule has 0 heterocycles. The van der Waals surface area contributed by atoms with E-state index in [-0.39, 0.29) is 6.10 Å². The highest BCUT2D eigenvalue weighted by Crippen LogP contribution is 2.32. The molecule has 0 aliphatic heterocycles. The van der Waals surface area contributed by atoms with E-state index in [1.165, 1.54) is 47.6 Å². The van der Waals surface area contributed by atoms with Crippen LogP contribution < -0.4 is 0 Å². The van der Waals surface area contributed by atoms with Gasteiger partial charge in [0.05, 0.1) is 6.61 Å². The second-order valence-corrected chi connectivity index (χ2v) is 6.70. The molecule has 1 aliphatic rings. The second kappa shape index (κ2) is 7.79. The van der Waals surface area contributed by atoms with Crippen LogP contribution in [0.15, 0.2) is 48.6 Å². The van der Waals surface area contributed by atoms with E-state index in [1.807, 2.05) is 0 Å². The summed E-state index contributed by atoms with van der Waals surface area (Å²) in [6.45, 7) is 5.42. The van der Waals surface area contributed by atoms with Crippen LogP contribution in [0.25, 0.3) is 10.8 Å². The first-order chi connectivity index (χ1) is 11.3. The minimum Gasteiger partial charge on any atom is -0.369 e. The summed E-state index contributed by atoms with van der Waals surface area (Å²) in [5, 5.41) is 2.64. The molecular formula is C22H28O. The maximum atomic E-state index is 6.32. The number of hydrogen-bond acceptors (Lipinski definition) is 1. The Kier molecular flexibility index (Phi) is 5.51. The number of rotatable bonds is 7. The lowest BCUT2D eigenvalue weighted by molar-refractivity contribution is 0.0511. The van der Waals surface area contributed by atoms with E-state index in [1.54, 1.807) is 0 Å². The molecule has 2 atom stereocenters. The van der Waals surface area contributed by atoms with Crippen LogP contribution in [0.3, 0.4) is 0 Å². The zero-order valence-electron chi connectivity index (χ0n) is 14.4. The van der Waals surface area contributed by atoms with Gasteiger partial charge in [-0.25, -0.2) is 0 Å². The first-order valence-electron chi connectivity index (χ1n) is 9.11. The minimum absolute atomic E-state index is 0.124. The Balaban J connectivity index is 1.75. The molecule has 0 spiro atoms. The average molecular weight is 308 g/mol.